The minimum atomic E-state index is -1.28. The molecule has 0 fully saturated rings. The topological polar surface area (TPSA) is 126 Å². The summed E-state index contributed by atoms with van der Waals surface area (Å²) in [7, 11) is -0.627. The maximum Gasteiger partial charge on any atom is 0.129 e. The Bertz CT molecular complexity index is 2430. The summed E-state index contributed by atoms with van der Waals surface area (Å²) in [6.45, 7) is 13.5. The van der Waals surface area contributed by atoms with Crippen molar-refractivity contribution in [1.82, 2.24) is 54.9 Å². The van der Waals surface area contributed by atoms with Crippen molar-refractivity contribution in [2.24, 2.45) is 7.05 Å². The van der Waals surface area contributed by atoms with Crippen LogP contribution in [0.4, 0.5) is 0 Å². The van der Waals surface area contributed by atoms with Gasteiger partial charge in [0.15, 0.2) is 0 Å². The molecule has 0 bridgehead atoms. The Labute approximate surface area is 391 Å². The molecule has 7 heterocycles. The number of aromatic nitrogens is 11. The van der Waals surface area contributed by atoms with Crippen molar-refractivity contribution in [1.29, 1.82) is 0 Å². The lowest BCUT2D eigenvalue weighted by Crippen LogP contribution is -2.28. The molecule has 60 heavy (non-hydrogen) atoms. The van der Waals surface area contributed by atoms with Crippen molar-refractivity contribution in [2.75, 3.05) is 0 Å². The molecule has 0 atom stereocenters. The second-order valence-corrected chi connectivity index (χ2v) is 27.9. The fourth-order valence-electron chi connectivity index (χ4n) is 4.06. The molecule has 0 aliphatic rings. The number of rotatable bonds is 4. The lowest BCUT2D eigenvalue weighted by atomic mass is 10.2. The SMILES string of the molecule is C#Cc1ccc(Cl)nc1.C[Si](C)(C)C#Cc1ccc(Cl)nc1.C[Si](C)(C)Cn1cc(-c2ccc(Cl)nc2)nn1.Clc1ccc(I)cn1.Cn1cc(-c2ccc(Cl)nc2)nn1. The third-order valence-corrected chi connectivity index (χ3v) is 10.6. The van der Waals surface area contributed by atoms with Gasteiger partial charge in [-0.3, -0.25) is 9.36 Å². The largest absolute Gasteiger partial charge is 0.255 e. The van der Waals surface area contributed by atoms with Crippen LogP contribution in [-0.2, 0) is 13.2 Å². The van der Waals surface area contributed by atoms with Gasteiger partial charge in [-0.05, 0) is 83.3 Å². The first-order valence-electron chi connectivity index (χ1n) is 17.8. The van der Waals surface area contributed by atoms with Crippen LogP contribution in [0.15, 0.2) is 104 Å². The molecule has 7 aromatic heterocycles. The molecule has 0 saturated carbocycles. The molecule has 0 N–H and O–H groups in total. The first-order valence-corrected chi connectivity index (χ1v) is 28.0. The number of halogens is 6. The second-order valence-electron chi connectivity index (χ2n) is 14.6. The Hall–Kier alpha value is -4.24. The van der Waals surface area contributed by atoms with Gasteiger partial charge in [-0.1, -0.05) is 120 Å². The highest BCUT2D eigenvalue weighted by Gasteiger charge is 2.15. The normalized spacial score (nSPS) is 10.3. The predicted molar refractivity (Wildman–Crippen MR) is 259 cm³/mol. The van der Waals surface area contributed by atoms with Gasteiger partial charge in [-0.15, -0.1) is 22.2 Å². The summed E-state index contributed by atoms with van der Waals surface area (Å²) in [6.07, 6.45) is 18.2. The summed E-state index contributed by atoms with van der Waals surface area (Å²) in [6, 6.07) is 18.0. The lowest BCUT2D eigenvalue weighted by molar-refractivity contribution is 0.681. The van der Waals surface area contributed by atoms with E-state index in [1.54, 1.807) is 72.1 Å². The van der Waals surface area contributed by atoms with Crippen LogP contribution in [0.3, 0.4) is 0 Å². The van der Waals surface area contributed by atoms with E-state index < -0.39 is 16.1 Å². The number of hydrogen-bond donors (Lipinski definition) is 0. The van der Waals surface area contributed by atoms with Gasteiger partial charge in [-0.2, -0.15) is 0 Å². The first kappa shape index (κ1) is 50.1. The molecule has 0 aliphatic carbocycles. The zero-order chi connectivity index (χ0) is 44.3. The van der Waals surface area contributed by atoms with Gasteiger partial charge in [0.05, 0.1) is 20.5 Å². The minimum absolute atomic E-state index is 0.467. The number of nitrogens with zero attached hydrogens (tertiary/aromatic N) is 11. The molecule has 11 nitrogen and oxygen atoms in total. The average Bonchev–Trinajstić information content (AvgIpc) is 3.85. The maximum absolute atomic E-state index is 5.74. The van der Waals surface area contributed by atoms with Crippen LogP contribution in [0.5, 0.6) is 0 Å². The monoisotopic (exact) mass is 1050 g/mol. The van der Waals surface area contributed by atoms with Crippen LogP contribution in [0.1, 0.15) is 11.1 Å². The minimum Gasteiger partial charge on any atom is -0.255 e. The second kappa shape index (κ2) is 24.9. The molecule has 19 heteroatoms. The number of aryl methyl sites for hydroxylation is 1. The highest BCUT2D eigenvalue weighted by atomic mass is 127. The highest BCUT2D eigenvalue weighted by molar-refractivity contribution is 14.1. The van der Waals surface area contributed by atoms with Gasteiger partial charge >= 0.3 is 0 Å². The standard InChI is InChI=1S/C11H15ClN4Si.C10H12ClNSi.C8H7ClN4.C7H4ClN.C5H3ClIN/c1-17(2,3)8-16-7-10(14-15-16)9-4-5-11(12)13-6-9;1-13(2,3)7-6-9-4-5-10(11)12-8-9;1-13-5-7(11-12-13)6-2-3-8(9)10-4-6;1-2-6-3-4-7(8)9-5-6;6-5-2-1-4(7)3-8-5/h4-7H,8H2,1-3H3;4-5,8H,1-3H3;2-5H,1H3;1,3-5H;1-3H. The lowest BCUT2D eigenvalue weighted by Gasteiger charge is -2.14. The summed E-state index contributed by atoms with van der Waals surface area (Å²) in [5.41, 5.74) is 8.44. The third-order valence-electron chi connectivity index (χ3n) is 6.72. The Balaban J connectivity index is 0.000000205. The van der Waals surface area contributed by atoms with E-state index >= 15 is 0 Å². The van der Waals surface area contributed by atoms with Crippen LogP contribution in [0.25, 0.3) is 22.5 Å². The molecule has 0 unspecified atom stereocenters. The molecule has 0 aromatic carbocycles. The number of pyridine rings is 5. The van der Waals surface area contributed by atoms with Crippen molar-refractivity contribution in [3.63, 3.8) is 0 Å². The van der Waals surface area contributed by atoms with Crippen molar-refractivity contribution in [3.05, 3.63) is 145 Å². The van der Waals surface area contributed by atoms with Gasteiger partial charge in [0.2, 0.25) is 0 Å². The van der Waals surface area contributed by atoms with Crippen LogP contribution >= 0.6 is 80.6 Å². The van der Waals surface area contributed by atoms with Crippen molar-refractivity contribution >= 4 is 96.7 Å². The van der Waals surface area contributed by atoms with Crippen LogP contribution in [-0.4, -0.2) is 71.1 Å². The zero-order valence-electron chi connectivity index (χ0n) is 33.8. The Morgan fingerprint density at radius 3 is 1.40 bits per heavy atom. The van der Waals surface area contributed by atoms with E-state index in [4.69, 9.17) is 64.4 Å². The smallest absolute Gasteiger partial charge is 0.129 e. The van der Waals surface area contributed by atoms with Crippen LogP contribution in [0.2, 0.25) is 65.0 Å². The van der Waals surface area contributed by atoms with Crippen LogP contribution in [0, 0.1) is 27.4 Å². The van der Waals surface area contributed by atoms with E-state index in [9.17, 15) is 0 Å². The van der Waals surface area contributed by atoms with Gasteiger partial charge in [0, 0.05) is 70.0 Å². The number of terminal acetylenes is 1. The van der Waals surface area contributed by atoms with Gasteiger partial charge < -0.3 is 0 Å². The molecule has 7 aromatic rings. The molecule has 0 aliphatic heterocycles. The van der Waals surface area contributed by atoms with Crippen molar-refractivity contribution in [2.45, 2.75) is 45.5 Å². The summed E-state index contributed by atoms with van der Waals surface area (Å²) >= 11 is 30.2. The van der Waals surface area contributed by atoms with E-state index in [2.05, 4.69) is 125 Å². The summed E-state index contributed by atoms with van der Waals surface area (Å²) in [4.78, 5) is 19.6. The molecule has 0 radical (unpaired) electrons. The summed E-state index contributed by atoms with van der Waals surface area (Å²) in [5, 5.41) is 18.6. The predicted octanol–water partition coefficient (Wildman–Crippen LogP) is 11.4. The van der Waals surface area contributed by atoms with Crippen molar-refractivity contribution < 1.29 is 0 Å². The zero-order valence-corrected chi connectivity index (χ0v) is 41.7. The molecule has 0 spiro atoms. The highest BCUT2D eigenvalue weighted by Crippen LogP contribution is 2.18. The van der Waals surface area contributed by atoms with E-state index in [1.165, 1.54) is 0 Å². The summed E-state index contributed by atoms with van der Waals surface area (Å²) < 4.78 is 4.66. The van der Waals surface area contributed by atoms with E-state index in [1.807, 2.05) is 48.4 Å². The Kier molecular flexibility index (Phi) is 20.8. The summed E-state index contributed by atoms with van der Waals surface area (Å²) in [5.74, 6) is 5.54. The number of hydrogen-bond acceptors (Lipinski definition) is 9. The van der Waals surface area contributed by atoms with Gasteiger partial charge in [0.25, 0.3) is 0 Å². The quantitative estimate of drug-likeness (QED) is 0.0733. The molecule has 0 amide bonds. The molecule has 0 saturated heterocycles. The fourth-order valence-corrected chi connectivity index (χ4v) is 6.58. The van der Waals surface area contributed by atoms with E-state index in [0.29, 0.717) is 25.8 Å². The van der Waals surface area contributed by atoms with E-state index in [-0.39, 0.29) is 0 Å². The average molecular weight is 1050 g/mol. The first-order chi connectivity index (χ1) is 28.3. The molecular weight excluding hydrogens is 1010 g/mol. The van der Waals surface area contributed by atoms with Gasteiger partial charge in [0.1, 0.15) is 45.2 Å². The molecule has 310 valence electrons. The van der Waals surface area contributed by atoms with Crippen molar-refractivity contribution in [3.8, 4) is 46.3 Å². The van der Waals surface area contributed by atoms with E-state index in [0.717, 1.165) is 43.4 Å². The molecule has 7 rings (SSSR count). The third kappa shape index (κ3) is 20.8. The Morgan fingerprint density at radius 1 is 0.583 bits per heavy atom. The fraction of sp³-hybridized carbons (Fsp3) is 0.195. The molecular formula is C41H41Cl5IN11Si2. The van der Waals surface area contributed by atoms with Crippen LogP contribution < -0.4 is 0 Å². The Morgan fingerprint density at radius 2 is 1.03 bits per heavy atom. The van der Waals surface area contributed by atoms with Gasteiger partial charge in [-0.25, -0.2) is 24.9 Å². The maximum atomic E-state index is 5.74.